The summed E-state index contributed by atoms with van der Waals surface area (Å²) in [6.45, 7) is 7.32. The second kappa shape index (κ2) is 10.2. The van der Waals surface area contributed by atoms with Crippen molar-refractivity contribution < 1.29 is 9.59 Å². The lowest BCUT2D eigenvalue weighted by Crippen LogP contribution is -2.33. The van der Waals surface area contributed by atoms with E-state index in [9.17, 15) is 9.59 Å². The van der Waals surface area contributed by atoms with E-state index < -0.39 is 0 Å². The first-order chi connectivity index (χ1) is 15.6. The summed E-state index contributed by atoms with van der Waals surface area (Å²) in [6, 6.07) is 12.1. The minimum absolute atomic E-state index is 0.0217. The van der Waals surface area contributed by atoms with Crippen LogP contribution in [0.1, 0.15) is 63.0 Å². The molecular formula is C26H34N4O2. The second-order valence-corrected chi connectivity index (χ2v) is 9.06. The number of nitrogens with one attached hydrogen (secondary N) is 1. The predicted molar refractivity (Wildman–Crippen MR) is 128 cm³/mol. The SMILES string of the molecule is CCC(C)c1ccccc1N1CC(C(=O)NCc2ccc(N3CCCCC3)nc2)CC1=O. The van der Waals surface area contributed by atoms with Gasteiger partial charge in [-0.05, 0) is 54.9 Å². The van der Waals surface area contributed by atoms with E-state index in [4.69, 9.17) is 0 Å². The highest BCUT2D eigenvalue weighted by molar-refractivity contribution is 6.00. The molecule has 6 nitrogen and oxygen atoms in total. The number of rotatable bonds is 7. The molecule has 2 unspecified atom stereocenters. The van der Waals surface area contributed by atoms with Crippen LogP contribution in [0.15, 0.2) is 42.6 Å². The molecule has 0 saturated carbocycles. The largest absolute Gasteiger partial charge is 0.357 e. The molecule has 1 N–H and O–H groups in total. The molecule has 0 aliphatic carbocycles. The Kier molecular flexibility index (Phi) is 7.08. The highest BCUT2D eigenvalue weighted by atomic mass is 16.2. The average Bonchev–Trinajstić information content (AvgIpc) is 3.24. The fourth-order valence-corrected chi connectivity index (χ4v) is 4.65. The van der Waals surface area contributed by atoms with Crippen LogP contribution < -0.4 is 15.1 Å². The Balaban J connectivity index is 1.34. The molecule has 2 aliphatic rings. The minimum atomic E-state index is -0.326. The highest BCUT2D eigenvalue weighted by Crippen LogP contribution is 2.33. The summed E-state index contributed by atoms with van der Waals surface area (Å²) in [6.07, 6.45) is 6.85. The predicted octanol–water partition coefficient (Wildman–Crippen LogP) is 4.25. The Morgan fingerprint density at radius 3 is 2.66 bits per heavy atom. The van der Waals surface area contributed by atoms with Gasteiger partial charge in [0.25, 0.3) is 0 Å². The maximum absolute atomic E-state index is 12.8. The molecule has 0 bridgehead atoms. The lowest BCUT2D eigenvalue weighted by molar-refractivity contribution is -0.126. The summed E-state index contributed by atoms with van der Waals surface area (Å²) in [7, 11) is 0. The molecule has 6 heteroatoms. The lowest BCUT2D eigenvalue weighted by Gasteiger charge is -2.27. The molecule has 170 valence electrons. The van der Waals surface area contributed by atoms with Crippen molar-refractivity contribution in [2.45, 2.75) is 58.4 Å². The van der Waals surface area contributed by atoms with Gasteiger partial charge >= 0.3 is 0 Å². The van der Waals surface area contributed by atoms with Gasteiger partial charge in [0.1, 0.15) is 5.82 Å². The first kappa shape index (κ1) is 22.3. The molecule has 2 aliphatic heterocycles. The van der Waals surface area contributed by atoms with Gasteiger partial charge in [-0.1, -0.05) is 38.1 Å². The molecule has 2 saturated heterocycles. The Morgan fingerprint density at radius 1 is 1.16 bits per heavy atom. The molecule has 0 radical (unpaired) electrons. The van der Waals surface area contributed by atoms with Crippen LogP contribution >= 0.6 is 0 Å². The molecule has 0 spiro atoms. The molecule has 2 aromatic rings. The maximum Gasteiger partial charge on any atom is 0.227 e. The fourth-order valence-electron chi connectivity index (χ4n) is 4.65. The van der Waals surface area contributed by atoms with Crippen LogP contribution in [0.25, 0.3) is 0 Å². The van der Waals surface area contributed by atoms with Gasteiger partial charge in [0.05, 0.1) is 5.92 Å². The normalized spacial score (nSPS) is 19.8. The third-order valence-corrected chi connectivity index (χ3v) is 6.82. The van der Waals surface area contributed by atoms with E-state index in [-0.39, 0.29) is 24.2 Å². The second-order valence-electron chi connectivity index (χ2n) is 9.06. The smallest absolute Gasteiger partial charge is 0.227 e. The third kappa shape index (κ3) is 4.95. The van der Waals surface area contributed by atoms with Crippen molar-refractivity contribution in [1.29, 1.82) is 0 Å². The van der Waals surface area contributed by atoms with Gasteiger partial charge in [0, 0.05) is 44.5 Å². The van der Waals surface area contributed by atoms with E-state index in [1.165, 1.54) is 24.8 Å². The monoisotopic (exact) mass is 434 g/mol. The molecule has 2 amide bonds. The minimum Gasteiger partial charge on any atom is -0.357 e. The number of para-hydroxylation sites is 1. The molecular weight excluding hydrogens is 400 g/mol. The summed E-state index contributed by atoms with van der Waals surface area (Å²) in [5.74, 6) is 1.01. The average molecular weight is 435 g/mol. The number of carbonyl (C=O) groups excluding carboxylic acids is 2. The van der Waals surface area contributed by atoms with E-state index >= 15 is 0 Å². The van der Waals surface area contributed by atoms with Crippen LogP contribution in [0.5, 0.6) is 0 Å². The quantitative estimate of drug-likeness (QED) is 0.707. The zero-order valence-electron chi connectivity index (χ0n) is 19.2. The van der Waals surface area contributed by atoms with Gasteiger partial charge in [-0.3, -0.25) is 9.59 Å². The molecule has 1 aromatic heterocycles. The molecule has 32 heavy (non-hydrogen) atoms. The van der Waals surface area contributed by atoms with Crippen molar-refractivity contribution in [3.05, 3.63) is 53.7 Å². The van der Waals surface area contributed by atoms with Gasteiger partial charge in [0.2, 0.25) is 11.8 Å². The van der Waals surface area contributed by atoms with Crippen LogP contribution in [-0.4, -0.2) is 36.4 Å². The van der Waals surface area contributed by atoms with E-state index in [1.54, 1.807) is 4.90 Å². The van der Waals surface area contributed by atoms with Gasteiger partial charge in [0.15, 0.2) is 0 Å². The van der Waals surface area contributed by atoms with Crippen molar-refractivity contribution in [2.75, 3.05) is 29.4 Å². The Labute approximate surface area is 191 Å². The topological polar surface area (TPSA) is 65.5 Å². The molecule has 4 rings (SSSR count). The highest BCUT2D eigenvalue weighted by Gasteiger charge is 2.36. The number of pyridine rings is 1. The van der Waals surface area contributed by atoms with Crippen molar-refractivity contribution in [3.8, 4) is 0 Å². The van der Waals surface area contributed by atoms with Gasteiger partial charge in [-0.15, -0.1) is 0 Å². The third-order valence-electron chi connectivity index (χ3n) is 6.82. The first-order valence-electron chi connectivity index (χ1n) is 11.9. The van der Waals surface area contributed by atoms with Gasteiger partial charge < -0.3 is 15.1 Å². The summed E-state index contributed by atoms with van der Waals surface area (Å²) in [4.78, 5) is 34.3. The zero-order chi connectivity index (χ0) is 22.5. The van der Waals surface area contributed by atoms with Crippen LogP contribution in [0.3, 0.4) is 0 Å². The number of piperidine rings is 1. The number of anilines is 2. The maximum atomic E-state index is 12.8. The summed E-state index contributed by atoms with van der Waals surface area (Å²) in [5, 5.41) is 3.01. The van der Waals surface area contributed by atoms with Crippen molar-refractivity contribution in [1.82, 2.24) is 10.3 Å². The van der Waals surface area contributed by atoms with Crippen LogP contribution in [0.4, 0.5) is 11.5 Å². The summed E-state index contributed by atoms with van der Waals surface area (Å²) < 4.78 is 0. The van der Waals surface area contributed by atoms with E-state index in [2.05, 4.69) is 35.1 Å². The Hall–Kier alpha value is -2.89. The summed E-state index contributed by atoms with van der Waals surface area (Å²) >= 11 is 0. The van der Waals surface area contributed by atoms with E-state index in [0.717, 1.165) is 36.6 Å². The van der Waals surface area contributed by atoms with E-state index in [1.807, 2.05) is 36.5 Å². The number of aromatic nitrogens is 1. The number of benzene rings is 1. The Bertz CT molecular complexity index is 937. The standard InChI is InChI=1S/C26H34N4O2/c1-3-19(2)22-9-5-6-10-23(22)30-18-21(15-25(30)31)26(32)28-17-20-11-12-24(27-16-20)29-13-7-4-8-14-29/h5-6,9-12,16,19,21H,3-4,7-8,13-15,17-18H2,1-2H3,(H,28,32). The fraction of sp³-hybridized carbons (Fsp3) is 0.500. The van der Waals surface area contributed by atoms with E-state index in [0.29, 0.717) is 19.0 Å². The number of hydrogen-bond acceptors (Lipinski definition) is 4. The Morgan fingerprint density at radius 2 is 1.94 bits per heavy atom. The lowest BCUT2D eigenvalue weighted by atomic mass is 9.96. The van der Waals surface area contributed by atoms with Crippen molar-refractivity contribution >= 4 is 23.3 Å². The molecule has 2 fully saturated rings. The van der Waals surface area contributed by atoms with Gasteiger partial charge in [-0.25, -0.2) is 4.98 Å². The van der Waals surface area contributed by atoms with Crippen LogP contribution in [-0.2, 0) is 16.1 Å². The van der Waals surface area contributed by atoms with Crippen molar-refractivity contribution in [2.24, 2.45) is 5.92 Å². The molecule has 1 aromatic carbocycles. The number of carbonyl (C=O) groups is 2. The van der Waals surface area contributed by atoms with Crippen molar-refractivity contribution in [3.63, 3.8) is 0 Å². The number of amides is 2. The van der Waals surface area contributed by atoms with Gasteiger partial charge in [-0.2, -0.15) is 0 Å². The van der Waals surface area contributed by atoms with Crippen LogP contribution in [0.2, 0.25) is 0 Å². The first-order valence-corrected chi connectivity index (χ1v) is 11.9. The zero-order valence-corrected chi connectivity index (χ0v) is 19.2. The number of nitrogens with zero attached hydrogens (tertiary/aromatic N) is 3. The number of hydrogen-bond donors (Lipinski definition) is 1. The molecule has 2 atom stereocenters. The summed E-state index contributed by atoms with van der Waals surface area (Å²) in [5.41, 5.74) is 3.09. The molecule has 3 heterocycles. The van der Waals surface area contributed by atoms with Crippen LogP contribution in [0, 0.1) is 5.92 Å².